The highest BCUT2D eigenvalue weighted by molar-refractivity contribution is 9.10. The molecule has 7 heteroatoms. The Morgan fingerprint density at radius 1 is 1.30 bits per heavy atom. The second-order valence-electron chi connectivity index (χ2n) is 3.86. The van der Waals surface area contributed by atoms with Crippen molar-refractivity contribution >= 4 is 33.5 Å². The molecule has 2 N–H and O–H groups in total. The minimum atomic E-state index is -0.651. The Bertz CT molecular complexity index is 659. The molecule has 0 heterocycles. The molecule has 2 rings (SSSR count). The molecule has 0 spiro atoms. The molecule has 0 amide bonds. The molecule has 0 atom stereocenters. The summed E-state index contributed by atoms with van der Waals surface area (Å²) in [5.74, 6) is -0.400. The smallest absolute Gasteiger partial charge is 0.312 e. The molecule has 0 saturated heterocycles. The quantitative estimate of drug-likeness (QED) is 0.508. The van der Waals surface area contributed by atoms with Gasteiger partial charge in [-0.25, -0.2) is 0 Å². The van der Waals surface area contributed by atoms with Crippen molar-refractivity contribution in [1.29, 1.82) is 0 Å². The molecule has 2 aromatic rings. The first-order valence-electron chi connectivity index (χ1n) is 5.59. The molecule has 0 aliphatic heterocycles. The minimum Gasteiger partial charge on any atom is -0.501 e. The summed E-state index contributed by atoms with van der Waals surface area (Å²) in [6.07, 6.45) is 1.43. The molecule has 102 valence electrons. The number of aromatic hydroxyl groups is 1. The van der Waals surface area contributed by atoms with E-state index in [1.165, 1.54) is 12.3 Å². The molecule has 0 radical (unpaired) electrons. The summed E-state index contributed by atoms with van der Waals surface area (Å²) >= 11 is 3.07. The number of nitro benzene ring substituents is 1. The Kier molecular flexibility index (Phi) is 4.31. The monoisotopic (exact) mass is 335 g/mol. The number of hydrogen-bond acceptors (Lipinski definition) is 5. The standard InChI is InChI=1S/C13H10BrN3O3/c14-11-6-9(7-12(13(11)18)17(19)20)8-15-16-10-4-2-1-3-5-10/h1-8,16,18H. The van der Waals surface area contributed by atoms with Gasteiger partial charge in [0.25, 0.3) is 0 Å². The highest BCUT2D eigenvalue weighted by Gasteiger charge is 2.17. The van der Waals surface area contributed by atoms with Crippen LogP contribution in [0.5, 0.6) is 5.75 Å². The highest BCUT2D eigenvalue weighted by Crippen LogP contribution is 2.34. The molecule has 0 fully saturated rings. The van der Waals surface area contributed by atoms with E-state index in [4.69, 9.17) is 0 Å². The van der Waals surface area contributed by atoms with Gasteiger partial charge in [-0.15, -0.1) is 0 Å². The van der Waals surface area contributed by atoms with Gasteiger partial charge in [0.1, 0.15) is 0 Å². The average molecular weight is 336 g/mol. The van der Waals surface area contributed by atoms with Crippen LogP contribution in [0.15, 0.2) is 52.0 Å². The van der Waals surface area contributed by atoms with Crippen molar-refractivity contribution < 1.29 is 10.0 Å². The maximum absolute atomic E-state index is 10.8. The van der Waals surface area contributed by atoms with Gasteiger partial charge in [-0.1, -0.05) is 18.2 Å². The first-order valence-corrected chi connectivity index (χ1v) is 6.38. The third-order valence-electron chi connectivity index (χ3n) is 2.44. The summed E-state index contributed by atoms with van der Waals surface area (Å²) in [4.78, 5) is 10.1. The summed E-state index contributed by atoms with van der Waals surface area (Å²) in [5.41, 5.74) is 3.72. The molecule has 20 heavy (non-hydrogen) atoms. The van der Waals surface area contributed by atoms with Crippen LogP contribution in [0.4, 0.5) is 11.4 Å². The SMILES string of the molecule is O=[N+]([O-])c1cc(C=NNc2ccccc2)cc(Br)c1O. The Hall–Kier alpha value is -2.41. The number of benzene rings is 2. The number of phenolic OH excluding ortho intramolecular Hbond substituents is 1. The van der Waals surface area contributed by atoms with Crippen molar-refractivity contribution in [3.8, 4) is 5.75 Å². The van der Waals surface area contributed by atoms with Crippen molar-refractivity contribution in [1.82, 2.24) is 0 Å². The second-order valence-corrected chi connectivity index (χ2v) is 4.72. The van der Waals surface area contributed by atoms with E-state index in [-0.39, 0.29) is 10.2 Å². The van der Waals surface area contributed by atoms with Gasteiger partial charge < -0.3 is 5.11 Å². The Balaban J connectivity index is 2.19. The molecule has 0 unspecified atom stereocenters. The molecule has 0 aromatic heterocycles. The van der Waals surface area contributed by atoms with Gasteiger partial charge in [-0.2, -0.15) is 5.10 Å². The third kappa shape index (κ3) is 3.33. The van der Waals surface area contributed by atoms with Crippen molar-refractivity contribution in [2.24, 2.45) is 5.10 Å². The minimum absolute atomic E-state index is 0.243. The summed E-state index contributed by atoms with van der Waals surface area (Å²) < 4.78 is 0.243. The Labute approximate surface area is 123 Å². The van der Waals surface area contributed by atoms with Crippen LogP contribution < -0.4 is 5.43 Å². The van der Waals surface area contributed by atoms with E-state index >= 15 is 0 Å². The summed E-state index contributed by atoms with van der Waals surface area (Å²) in [7, 11) is 0. The van der Waals surface area contributed by atoms with Gasteiger partial charge in [0.2, 0.25) is 5.75 Å². The van der Waals surface area contributed by atoms with Crippen LogP contribution in [0.3, 0.4) is 0 Å². The first-order chi connectivity index (χ1) is 9.58. The molecule has 2 aromatic carbocycles. The maximum Gasteiger partial charge on any atom is 0.312 e. The fourth-order valence-corrected chi connectivity index (χ4v) is 1.98. The fourth-order valence-electron chi connectivity index (χ4n) is 1.51. The van der Waals surface area contributed by atoms with Crippen LogP contribution in [0, 0.1) is 10.1 Å². The van der Waals surface area contributed by atoms with Gasteiger partial charge >= 0.3 is 5.69 Å². The lowest BCUT2D eigenvalue weighted by Gasteiger charge is -2.01. The van der Waals surface area contributed by atoms with E-state index in [0.29, 0.717) is 5.56 Å². The van der Waals surface area contributed by atoms with E-state index in [0.717, 1.165) is 5.69 Å². The predicted molar refractivity (Wildman–Crippen MR) is 80.1 cm³/mol. The summed E-state index contributed by atoms with van der Waals surface area (Å²) in [5, 5.41) is 24.3. The van der Waals surface area contributed by atoms with Gasteiger partial charge in [0, 0.05) is 11.6 Å². The average Bonchev–Trinajstić information content (AvgIpc) is 2.43. The largest absolute Gasteiger partial charge is 0.501 e. The number of anilines is 1. The lowest BCUT2D eigenvalue weighted by Crippen LogP contribution is -1.94. The highest BCUT2D eigenvalue weighted by atomic mass is 79.9. The molecule has 0 saturated carbocycles. The normalized spacial score (nSPS) is 10.7. The number of nitrogens with zero attached hydrogens (tertiary/aromatic N) is 2. The molecular formula is C13H10BrN3O3. The maximum atomic E-state index is 10.8. The number of phenols is 1. The van der Waals surface area contributed by atoms with E-state index < -0.39 is 10.7 Å². The molecule has 6 nitrogen and oxygen atoms in total. The van der Waals surface area contributed by atoms with Crippen molar-refractivity contribution in [3.63, 3.8) is 0 Å². The van der Waals surface area contributed by atoms with Crippen LogP contribution >= 0.6 is 15.9 Å². The Morgan fingerprint density at radius 3 is 2.65 bits per heavy atom. The van der Waals surface area contributed by atoms with E-state index in [1.807, 2.05) is 30.3 Å². The first kappa shape index (κ1) is 14.0. The topological polar surface area (TPSA) is 87.8 Å². The van der Waals surface area contributed by atoms with Crippen LogP contribution in [-0.4, -0.2) is 16.2 Å². The number of para-hydroxylation sites is 1. The number of nitro groups is 1. The zero-order valence-electron chi connectivity index (χ0n) is 10.2. The van der Waals surface area contributed by atoms with Crippen LogP contribution in [0.2, 0.25) is 0 Å². The number of hydrazone groups is 1. The van der Waals surface area contributed by atoms with Crippen LogP contribution in [0.1, 0.15) is 5.56 Å². The van der Waals surface area contributed by atoms with Gasteiger partial charge in [0.05, 0.1) is 21.3 Å². The number of rotatable bonds is 4. The van der Waals surface area contributed by atoms with Gasteiger partial charge in [-0.3, -0.25) is 15.5 Å². The van der Waals surface area contributed by atoms with E-state index in [9.17, 15) is 15.2 Å². The zero-order valence-corrected chi connectivity index (χ0v) is 11.7. The number of nitrogens with one attached hydrogen (secondary N) is 1. The fraction of sp³-hybridized carbons (Fsp3) is 0. The second kappa shape index (κ2) is 6.16. The van der Waals surface area contributed by atoms with E-state index in [2.05, 4.69) is 26.5 Å². The predicted octanol–water partition coefficient (Wildman–Crippen LogP) is 3.51. The van der Waals surface area contributed by atoms with Crippen molar-refractivity contribution in [2.75, 3.05) is 5.43 Å². The number of hydrogen-bond donors (Lipinski definition) is 2. The molecule has 0 aliphatic carbocycles. The van der Waals surface area contributed by atoms with Crippen LogP contribution in [0.25, 0.3) is 0 Å². The lowest BCUT2D eigenvalue weighted by atomic mass is 10.2. The van der Waals surface area contributed by atoms with E-state index in [1.54, 1.807) is 6.07 Å². The van der Waals surface area contributed by atoms with Crippen molar-refractivity contribution in [3.05, 3.63) is 62.6 Å². The molecule has 0 bridgehead atoms. The van der Waals surface area contributed by atoms with Crippen LogP contribution in [-0.2, 0) is 0 Å². The molecule has 0 aliphatic rings. The summed E-state index contributed by atoms with van der Waals surface area (Å²) in [6, 6.07) is 12.1. The van der Waals surface area contributed by atoms with Gasteiger partial charge in [0.15, 0.2) is 0 Å². The van der Waals surface area contributed by atoms with Gasteiger partial charge in [-0.05, 0) is 34.1 Å². The molecular weight excluding hydrogens is 326 g/mol. The Morgan fingerprint density at radius 2 is 2.00 bits per heavy atom. The zero-order chi connectivity index (χ0) is 14.5. The third-order valence-corrected chi connectivity index (χ3v) is 3.05. The number of halogens is 1. The summed E-state index contributed by atoms with van der Waals surface area (Å²) in [6.45, 7) is 0. The lowest BCUT2D eigenvalue weighted by molar-refractivity contribution is -0.386. The van der Waals surface area contributed by atoms with Crippen molar-refractivity contribution in [2.45, 2.75) is 0 Å².